The van der Waals surface area contributed by atoms with Crippen molar-refractivity contribution >= 4 is 11.8 Å². The molecule has 0 aliphatic carbocycles. The van der Waals surface area contributed by atoms with Crippen LogP contribution in [0.25, 0.3) is 0 Å². The van der Waals surface area contributed by atoms with E-state index in [1.54, 1.807) is 0 Å². The molecule has 19 heavy (non-hydrogen) atoms. The topological polar surface area (TPSA) is 15.3 Å². The Bertz CT molecular complexity index is 223. The zero-order valence-electron chi connectivity index (χ0n) is 13.5. The van der Waals surface area contributed by atoms with Crippen LogP contribution in [-0.2, 0) is 0 Å². The predicted octanol–water partition coefficient (Wildman–Crippen LogP) is 3.62. The normalized spacial score (nSPS) is 28.7. The molecule has 1 heterocycles. The SMILES string of the molecule is CCNC1CCN(CCCCCCSC)C(C)C1C. The van der Waals surface area contributed by atoms with Gasteiger partial charge in [-0.1, -0.05) is 26.7 Å². The number of hydrogen-bond donors (Lipinski definition) is 1. The number of unbranched alkanes of at least 4 members (excludes halogenated alkanes) is 3. The Morgan fingerprint density at radius 2 is 1.89 bits per heavy atom. The second kappa shape index (κ2) is 10.1. The average molecular weight is 287 g/mol. The van der Waals surface area contributed by atoms with Gasteiger partial charge in [-0.2, -0.15) is 11.8 Å². The molecule has 1 aliphatic rings. The quantitative estimate of drug-likeness (QED) is 0.652. The summed E-state index contributed by atoms with van der Waals surface area (Å²) in [6.45, 7) is 10.8. The number of nitrogens with zero attached hydrogens (tertiary/aromatic N) is 1. The number of rotatable bonds is 9. The fourth-order valence-corrected chi connectivity index (χ4v) is 3.71. The van der Waals surface area contributed by atoms with Crippen LogP contribution in [0.3, 0.4) is 0 Å². The summed E-state index contributed by atoms with van der Waals surface area (Å²) in [6.07, 6.45) is 9.14. The Balaban J connectivity index is 2.17. The van der Waals surface area contributed by atoms with Crippen molar-refractivity contribution in [1.29, 1.82) is 0 Å². The lowest BCUT2D eigenvalue weighted by Crippen LogP contribution is -2.53. The lowest BCUT2D eigenvalue weighted by molar-refractivity contribution is 0.0839. The minimum atomic E-state index is 0.734. The first kappa shape index (κ1) is 17.3. The van der Waals surface area contributed by atoms with Crippen molar-refractivity contribution in [2.24, 2.45) is 5.92 Å². The van der Waals surface area contributed by atoms with Gasteiger partial charge < -0.3 is 10.2 Å². The van der Waals surface area contributed by atoms with Gasteiger partial charge in [0.25, 0.3) is 0 Å². The third kappa shape index (κ3) is 6.05. The highest BCUT2D eigenvalue weighted by atomic mass is 32.2. The monoisotopic (exact) mass is 286 g/mol. The van der Waals surface area contributed by atoms with Crippen molar-refractivity contribution in [1.82, 2.24) is 10.2 Å². The van der Waals surface area contributed by atoms with E-state index in [0.29, 0.717) is 0 Å². The van der Waals surface area contributed by atoms with E-state index in [0.717, 1.165) is 24.5 Å². The summed E-state index contributed by atoms with van der Waals surface area (Å²) >= 11 is 1.98. The van der Waals surface area contributed by atoms with Gasteiger partial charge >= 0.3 is 0 Å². The van der Waals surface area contributed by atoms with Gasteiger partial charge in [-0.25, -0.2) is 0 Å². The van der Waals surface area contributed by atoms with Gasteiger partial charge in [0.05, 0.1) is 0 Å². The highest BCUT2D eigenvalue weighted by molar-refractivity contribution is 7.98. The molecule has 3 atom stereocenters. The predicted molar refractivity (Wildman–Crippen MR) is 89.1 cm³/mol. The van der Waals surface area contributed by atoms with Crippen LogP contribution in [0.5, 0.6) is 0 Å². The van der Waals surface area contributed by atoms with E-state index >= 15 is 0 Å². The molecule has 0 aromatic carbocycles. The van der Waals surface area contributed by atoms with Gasteiger partial charge in [-0.15, -0.1) is 0 Å². The third-order valence-corrected chi connectivity index (χ3v) is 5.41. The van der Waals surface area contributed by atoms with Crippen molar-refractivity contribution < 1.29 is 0 Å². The minimum Gasteiger partial charge on any atom is -0.314 e. The Morgan fingerprint density at radius 1 is 1.16 bits per heavy atom. The van der Waals surface area contributed by atoms with Crippen LogP contribution in [0.4, 0.5) is 0 Å². The van der Waals surface area contributed by atoms with E-state index in [1.807, 2.05) is 11.8 Å². The van der Waals surface area contributed by atoms with Crippen LogP contribution < -0.4 is 5.32 Å². The second-order valence-corrected chi connectivity index (χ2v) is 6.98. The number of piperidine rings is 1. The summed E-state index contributed by atoms with van der Waals surface area (Å²) in [4.78, 5) is 2.72. The molecular formula is C16H34N2S. The van der Waals surface area contributed by atoms with Crippen LogP contribution in [0.2, 0.25) is 0 Å². The van der Waals surface area contributed by atoms with E-state index in [-0.39, 0.29) is 0 Å². The molecule has 1 fully saturated rings. The average Bonchev–Trinajstić information content (AvgIpc) is 2.41. The largest absolute Gasteiger partial charge is 0.314 e. The molecule has 0 aromatic rings. The highest BCUT2D eigenvalue weighted by Crippen LogP contribution is 2.24. The van der Waals surface area contributed by atoms with Crippen molar-refractivity contribution in [3.05, 3.63) is 0 Å². The van der Waals surface area contributed by atoms with Gasteiger partial charge in [0, 0.05) is 12.1 Å². The minimum absolute atomic E-state index is 0.734. The molecule has 0 aromatic heterocycles. The van der Waals surface area contributed by atoms with Crippen LogP contribution in [-0.4, -0.2) is 48.6 Å². The van der Waals surface area contributed by atoms with E-state index in [2.05, 4.69) is 37.2 Å². The zero-order valence-corrected chi connectivity index (χ0v) is 14.3. The maximum Gasteiger partial charge on any atom is 0.0120 e. The molecule has 114 valence electrons. The summed E-state index contributed by atoms with van der Waals surface area (Å²) in [5, 5.41) is 3.65. The first-order chi connectivity index (χ1) is 9.20. The van der Waals surface area contributed by atoms with E-state index < -0.39 is 0 Å². The smallest absolute Gasteiger partial charge is 0.0120 e. The van der Waals surface area contributed by atoms with Crippen molar-refractivity contribution in [3.63, 3.8) is 0 Å². The highest BCUT2D eigenvalue weighted by Gasteiger charge is 2.31. The summed E-state index contributed by atoms with van der Waals surface area (Å²) in [6, 6.07) is 1.47. The third-order valence-electron chi connectivity index (χ3n) is 4.71. The maximum atomic E-state index is 3.65. The fraction of sp³-hybridized carbons (Fsp3) is 1.00. The lowest BCUT2D eigenvalue weighted by atomic mass is 9.87. The van der Waals surface area contributed by atoms with Crippen molar-refractivity contribution in [3.8, 4) is 0 Å². The van der Waals surface area contributed by atoms with Crippen molar-refractivity contribution in [2.75, 3.05) is 31.6 Å². The van der Waals surface area contributed by atoms with Crippen LogP contribution >= 0.6 is 11.8 Å². The van der Waals surface area contributed by atoms with Crippen LogP contribution in [0, 0.1) is 5.92 Å². The molecular weight excluding hydrogens is 252 g/mol. The second-order valence-electron chi connectivity index (χ2n) is 6.00. The van der Waals surface area contributed by atoms with E-state index in [4.69, 9.17) is 0 Å². The Kier molecular flexibility index (Phi) is 9.17. The van der Waals surface area contributed by atoms with Crippen molar-refractivity contribution in [2.45, 2.75) is 65.0 Å². The molecule has 1 rings (SSSR count). The summed E-state index contributed by atoms with van der Waals surface area (Å²) < 4.78 is 0. The fourth-order valence-electron chi connectivity index (χ4n) is 3.22. The number of hydrogen-bond acceptors (Lipinski definition) is 3. The van der Waals surface area contributed by atoms with Gasteiger partial charge in [0.2, 0.25) is 0 Å². The Labute approximate surface area is 125 Å². The first-order valence-corrected chi connectivity index (χ1v) is 9.56. The molecule has 1 saturated heterocycles. The number of likely N-dealkylation sites (tertiary alicyclic amines) is 1. The standard InChI is InChI=1S/C16H34N2S/c1-5-17-16-10-12-18(15(3)14(16)2)11-8-6-7-9-13-19-4/h14-17H,5-13H2,1-4H3. The number of nitrogens with one attached hydrogen (secondary N) is 1. The van der Waals surface area contributed by atoms with Gasteiger partial charge in [-0.3, -0.25) is 0 Å². The van der Waals surface area contributed by atoms with Gasteiger partial charge in [0.1, 0.15) is 0 Å². The molecule has 0 bridgehead atoms. The molecule has 0 saturated carbocycles. The molecule has 0 radical (unpaired) electrons. The summed E-state index contributed by atoms with van der Waals surface area (Å²) in [5.41, 5.74) is 0. The first-order valence-electron chi connectivity index (χ1n) is 8.17. The maximum absolute atomic E-state index is 3.65. The van der Waals surface area contributed by atoms with Crippen LogP contribution in [0.15, 0.2) is 0 Å². The lowest BCUT2D eigenvalue weighted by Gasteiger charge is -2.43. The van der Waals surface area contributed by atoms with Gasteiger partial charge in [-0.05, 0) is 63.7 Å². The van der Waals surface area contributed by atoms with Crippen LogP contribution in [0.1, 0.15) is 52.9 Å². The number of thioether (sulfide) groups is 1. The van der Waals surface area contributed by atoms with E-state index in [1.165, 1.54) is 50.9 Å². The summed E-state index contributed by atoms with van der Waals surface area (Å²) in [7, 11) is 0. The molecule has 3 unspecified atom stereocenters. The Hall–Kier alpha value is 0.270. The zero-order chi connectivity index (χ0) is 14.1. The molecule has 1 N–H and O–H groups in total. The molecule has 0 spiro atoms. The van der Waals surface area contributed by atoms with Gasteiger partial charge in [0.15, 0.2) is 0 Å². The van der Waals surface area contributed by atoms with E-state index in [9.17, 15) is 0 Å². The summed E-state index contributed by atoms with van der Waals surface area (Å²) in [5.74, 6) is 2.12. The molecule has 1 aliphatic heterocycles. The molecule has 2 nitrogen and oxygen atoms in total. The molecule has 3 heteroatoms. The Morgan fingerprint density at radius 3 is 2.58 bits per heavy atom. The molecule has 0 amide bonds.